The summed E-state index contributed by atoms with van der Waals surface area (Å²) in [7, 11) is 0. The van der Waals surface area contributed by atoms with Crippen LogP contribution in [0.15, 0.2) is 24.3 Å². The number of likely N-dealkylation sites (N-methyl/N-ethyl adjacent to an activating group) is 1. The lowest BCUT2D eigenvalue weighted by Crippen LogP contribution is -2.44. The molecule has 1 aromatic carbocycles. The number of amides is 3. The summed E-state index contributed by atoms with van der Waals surface area (Å²) in [5, 5.41) is 5.91. The fourth-order valence-corrected chi connectivity index (χ4v) is 1.81. The molecule has 1 aromatic rings. The van der Waals surface area contributed by atoms with E-state index in [1.807, 2.05) is 20.8 Å². The lowest BCUT2D eigenvalue weighted by Gasteiger charge is -2.21. The first-order valence-electron chi connectivity index (χ1n) is 6.53. The molecule has 0 unspecified atom stereocenters. The van der Waals surface area contributed by atoms with Gasteiger partial charge in [-0.3, -0.25) is 4.79 Å². The Kier molecular flexibility index (Phi) is 6.31. The molecule has 5 nitrogen and oxygen atoms in total. The number of anilines is 1. The maximum atomic E-state index is 12.1. The van der Waals surface area contributed by atoms with Gasteiger partial charge in [0.25, 0.3) is 0 Å². The first kappa shape index (κ1) is 16.3. The number of carbonyl (C=O) groups is 2. The maximum Gasteiger partial charge on any atom is 0.322 e. The molecule has 0 saturated heterocycles. The van der Waals surface area contributed by atoms with E-state index in [2.05, 4.69) is 10.6 Å². The molecule has 0 radical (unpaired) electrons. The molecule has 0 fully saturated rings. The average Bonchev–Trinajstić information content (AvgIpc) is 2.37. The van der Waals surface area contributed by atoms with E-state index in [1.165, 1.54) is 4.90 Å². The van der Waals surface area contributed by atoms with Gasteiger partial charge >= 0.3 is 6.03 Å². The summed E-state index contributed by atoms with van der Waals surface area (Å²) in [6.45, 7) is 6.01. The lowest BCUT2D eigenvalue weighted by atomic mass is 10.3. The highest BCUT2D eigenvalue weighted by Gasteiger charge is 2.16. The molecular formula is C14H20ClN3O2. The second-order valence-electron chi connectivity index (χ2n) is 4.65. The van der Waals surface area contributed by atoms with E-state index in [0.717, 1.165) is 0 Å². The van der Waals surface area contributed by atoms with Gasteiger partial charge in [-0.05, 0) is 32.9 Å². The third kappa shape index (κ3) is 5.09. The Labute approximate surface area is 124 Å². The minimum absolute atomic E-state index is 0.0188. The molecule has 20 heavy (non-hydrogen) atoms. The molecule has 0 atom stereocenters. The van der Waals surface area contributed by atoms with Crippen LogP contribution >= 0.6 is 11.6 Å². The Morgan fingerprint density at radius 2 is 1.95 bits per heavy atom. The Bertz CT molecular complexity index is 477. The van der Waals surface area contributed by atoms with Gasteiger partial charge in [0.1, 0.15) is 6.54 Å². The van der Waals surface area contributed by atoms with Crippen LogP contribution in [0.25, 0.3) is 0 Å². The Balaban J connectivity index is 2.64. The van der Waals surface area contributed by atoms with E-state index in [9.17, 15) is 9.59 Å². The van der Waals surface area contributed by atoms with Crippen LogP contribution in [0.4, 0.5) is 10.5 Å². The van der Waals surface area contributed by atoms with E-state index in [0.29, 0.717) is 17.3 Å². The predicted molar refractivity (Wildman–Crippen MR) is 81.0 cm³/mol. The second kappa shape index (κ2) is 7.75. The van der Waals surface area contributed by atoms with E-state index in [1.54, 1.807) is 24.3 Å². The van der Waals surface area contributed by atoms with Crippen molar-refractivity contribution in [1.29, 1.82) is 0 Å². The largest absolute Gasteiger partial charge is 0.352 e. The van der Waals surface area contributed by atoms with Crippen molar-refractivity contribution >= 4 is 29.2 Å². The van der Waals surface area contributed by atoms with Gasteiger partial charge in [0.2, 0.25) is 5.91 Å². The number of hydrogen-bond donors (Lipinski definition) is 2. The molecule has 0 aliphatic heterocycles. The Morgan fingerprint density at radius 3 is 2.50 bits per heavy atom. The van der Waals surface area contributed by atoms with Gasteiger partial charge in [0.15, 0.2) is 0 Å². The standard InChI is InChI=1S/C14H20ClN3O2/c1-4-18(9-13(19)16-10(2)3)14(20)17-12-8-6-5-7-11(12)15/h5-8,10H,4,9H2,1-3H3,(H,16,19)(H,17,20). The molecule has 0 heterocycles. The summed E-state index contributed by atoms with van der Waals surface area (Å²) in [4.78, 5) is 25.2. The average molecular weight is 298 g/mol. The van der Waals surface area contributed by atoms with Gasteiger partial charge in [-0.2, -0.15) is 0 Å². The van der Waals surface area contributed by atoms with E-state index in [4.69, 9.17) is 11.6 Å². The number of carbonyl (C=O) groups excluding carboxylic acids is 2. The van der Waals surface area contributed by atoms with E-state index >= 15 is 0 Å². The molecule has 0 saturated carbocycles. The number of nitrogens with zero attached hydrogens (tertiary/aromatic N) is 1. The molecule has 0 aliphatic rings. The van der Waals surface area contributed by atoms with Crippen LogP contribution in [-0.4, -0.2) is 36.0 Å². The van der Waals surface area contributed by atoms with Crippen molar-refractivity contribution in [2.24, 2.45) is 0 Å². The fourth-order valence-electron chi connectivity index (χ4n) is 1.63. The molecule has 1 rings (SSSR count). The number of hydrogen-bond acceptors (Lipinski definition) is 2. The molecule has 6 heteroatoms. The Hall–Kier alpha value is -1.75. The first-order valence-corrected chi connectivity index (χ1v) is 6.91. The molecule has 0 aromatic heterocycles. The zero-order valence-corrected chi connectivity index (χ0v) is 12.7. The summed E-state index contributed by atoms with van der Waals surface area (Å²) in [5.74, 6) is -0.184. The van der Waals surface area contributed by atoms with Crippen molar-refractivity contribution in [3.05, 3.63) is 29.3 Å². The third-order valence-electron chi connectivity index (χ3n) is 2.57. The highest BCUT2D eigenvalue weighted by Crippen LogP contribution is 2.20. The highest BCUT2D eigenvalue weighted by molar-refractivity contribution is 6.33. The smallest absolute Gasteiger partial charge is 0.322 e. The zero-order valence-electron chi connectivity index (χ0n) is 11.9. The number of para-hydroxylation sites is 1. The maximum absolute atomic E-state index is 12.1. The molecule has 3 amide bonds. The van der Waals surface area contributed by atoms with Crippen molar-refractivity contribution in [3.63, 3.8) is 0 Å². The van der Waals surface area contributed by atoms with E-state index in [-0.39, 0.29) is 24.5 Å². The summed E-state index contributed by atoms with van der Waals surface area (Å²) < 4.78 is 0. The van der Waals surface area contributed by atoms with Gasteiger partial charge < -0.3 is 15.5 Å². The normalized spacial score (nSPS) is 10.2. The van der Waals surface area contributed by atoms with Gasteiger partial charge in [-0.25, -0.2) is 4.79 Å². The van der Waals surface area contributed by atoms with Crippen LogP contribution in [0.1, 0.15) is 20.8 Å². The van der Waals surface area contributed by atoms with Crippen molar-refractivity contribution in [3.8, 4) is 0 Å². The summed E-state index contributed by atoms with van der Waals surface area (Å²) in [6.07, 6.45) is 0. The quantitative estimate of drug-likeness (QED) is 0.878. The molecular weight excluding hydrogens is 278 g/mol. The summed E-state index contributed by atoms with van der Waals surface area (Å²) >= 11 is 5.98. The number of rotatable bonds is 5. The molecule has 2 N–H and O–H groups in total. The van der Waals surface area contributed by atoms with Crippen LogP contribution in [0, 0.1) is 0 Å². The number of benzene rings is 1. The topological polar surface area (TPSA) is 61.4 Å². The lowest BCUT2D eigenvalue weighted by molar-refractivity contribution is -0.122. The monoisotopic (exact) mass is 297 g/mol. The second-order valence-corrected chi connectivity index (χ2v) is 5.05. The molecule has 110 valence electrons. The summed E-state index contributed by atoms with van der Waals surface area (Å²) in [6, 6.07) is 6.67. The zero-order chi connectivity index (χ0) is 15.1. The van der Waals surface area contributed by atoms with Crippen LogP contribution in [-0.2, 0) is 4.79 Å². The first-order chi connectivity index (χ1) is 9.43. The van der Waals surface area contributed by atoms with Crippen molar-refractivity contribution in [2.45, 2.75) is 26.8 Å². The predicted octanol–water partition coefficient (Wildman–Crippen LogP) is 2.72. The van der Waals surface area contributed by atoms with Gasteiger partial charge in [-0.1, -0.05) is 23.7 Å². The molecule has 0 bridgehead atoms. The van der Waals surface area contributed by atoms with Crippen LogP contribution < -0.4 is 10.6 Å². The summed E-state index contributed by atoms with van der Waals surface area (Å²) in [5.41, 5.74) is 0.530. The van der Waals surface area contributed by atoms with Gasteiger partial charge in [0, 0.05) is 12.6 Å². The van der Waals surface area contributed by atoms with Crippen LogP contribution in [0.3, 0.4) is 0 Å². The third-order valence-corrected chi connectivity index (χ3v) is 2.90. The fraction of sp³-hybridized carbons (Fsp3) is 0.429. The van der Waals surface area contributed by atoms with Crippen molar-refractivity contribution in [2.75, 3.05) is 18.4 Å². The SMILES string of the molecule is CCN(CC(=O)NC(C)C)C(=O)Nc1ccccc1Cl. The highest BCUT2D eigenvalue weighted by atomic mass is 35.5. The van der Waals surface area contributed by atoms with Crippen molar-refractivity contribution < 1.29 is 9.59 Å². The minimum atomic E-state index is -0.348. The van der Waals surface area contributed by atoms with E-state index < -0.39 is 0 Å². The number of nitrogens with one attached hydrogen (secondary N) is 2. The minimum Gasteiger partial charge on any atom is -0.352 e. The Morgan fingerprint density at radius 1 is 1.30 bits per heavy atom. The van der Waals surface area contributed by atoms with Crippen LogP contribution in [0.5, 0.6) is 0 Å². The van der Waals surface area contributed by atoms with Gasteiger partial charge in [-0.15, -0.1) is 0 Å². The van der Waals surface area contributed by atoms with Gasteiger partial charge in [0.05, 0.1) is 10.7 Å². The van der Waals surface area contributed by atoms with Crippen molar-refractivity contribution in [1.82, 2.24) is 10.2 Å². The molecule has 0 aliphatic carbocycles. The number of halogens is 1. The van der Waals surface area contributed by atoms with Crippen LogP contribution in [0.2, 0.25) is 5.02 Å². The number of urea groups is 1. The molecule has 0 spiro atoms.